The fourth-order valence-corrected chi connectivity index (χ4v) is 1.66. The predicted molar refractivity (Wildman–Crippen MR) is 95.9 cm³/mol. The Morgan fingerprint density at radius 1 is 1.33 bits per heavy atom. The Kier molecular flexibility index (Phi) is 7.25. The van der Waals surface area contributed by atoms with Gasteiger partial charge in [0.05, 0.1) is 12.7 Å². The Labute approximate surface area is 144 Å². The van der Waals surface area contributed by atoms with E-state index in [0.29, 0.717) is 24.3 Å². The maximum Gasteiger partial charge on any atom is 0.243 e. The molecule has 0 saturated heterocycles. The third kappa shape index (κ3) is 7.02. The van der Waals surface area contributed by atoms with Crippen LogP contribution in [0.15, 0.2) is 15.6 Å². The number of carbonyl (C=O) groups is 1. The van der Waals surface area contributed by atoms with Crippen molar-refractivity contribution in [2.45, 2.75) is 46.6 Å². The van der Waals surface area contributed by atoms with Crippen molar-refractivity contribution in [2.24, 2.45) is 10.9 Å². The van der Waals surface area contributed by atoms with Crippen molar-refractivity contribution in [3.63, 3.8) is 0 Å². The van der Waals surface area contributed by atoms with Crippen LogP contribution in [0.4, 0.5) is 0 Å². The average Bonchev–Trinajstić information content (AvgIpc) is 2.94. The van der Waals surface area contributed by atoms with Gasteiger partial charge >= 0.3 is 0 Å². The zero-order valence-corrected chi connectivity index (χ0v) is 15.9. The summed E-state index contributed by atoms with van der Waals surface area (Å²) in [5.41, 5.74) is -0.0732. The molecule has 1 amide bonds. The highest BCUT2D eigenvalue weighted by Crippen LogP contribution is 2.22. The molecule has 0 fully saturated rings. The first-order chi connectivity index (χ1) is 11.1. The van der Waals surface area contributed by atoms with Crippen molar-refractivity contribution in [1.82, 2.24) is 20.5 Å². The van der Waals surface area contributed by atoms with E-state index >= 15 is 0 Å². The molecule has 136 valence electrons. The number of hydrogen-bond acceptors (Lipinski definition) is 4. The number of rotatable bonds is 6. The van der Waals surface area contributed by atoms with E-state index in [4.69, 9.17) is 4.42 Å². The third-order valence-electron chi connectivity index (χ3n) is 3.25. The molecular weight excluding hydrogens is 306 g/mol. The highest BCUT2D eigenvalue weighted by atomic mass is 16.4. The molecule has 0 atom stereocenters. The van der Waals surface area contributed by atoms with Crippen molar-refractivity contribution in [3.05, 3.63) is 17.8 Å². The normalized spacial score (nSPS) is 12.4. The molecule has 7 heteroatoms. The SMILES string of the molecule is CC(C)CNC(=NCC(=O)N(C)C)NCc1ncc(C(C)(C)C)o1. The van der Waals surface area contributed by atoms with Gasteiger partial charge < -0.3 is 20.0 Å². The summed E-state index contributed by atoms with van der Waals surface area (Å²) in [6.07, 6.45) is 1.75. The lowest BCUT2D eigenvalue weighted by Crippen LogP contribution is -2.39. The second-order valence-electron chi connectivity index (χ2n) is 7.45. The summed E-state index contributed by atoms with van der Waals surface area (Å²) in [6.45, 7) is 11.7. The molecule has 1 aromatic heterocycles. The summed E-state index contributed by atoms with van der Waals surface area (Å²) in [5, 5.41) is 6.38. The van der Waals surface area contributed by atoms with E-state index < -0.39 is 0 Å². The van der Waals surface area contributed by atoms with Crippen LogP contribution in [0.3, 0.4) is 0 Å². The van der Waals surface area contributed by atoms with Gasteiger partial charge in [-0.25, -0.2) is 9.98 Å². The topological polar surface area (TPSA) is 82.8 Å². The number of oxazole rings is 1. The van der Waals surface area contributed by atoms with Gasteiger partial charge in [-0.1, -0.05) is 34.6 Å². The zero-order chi connectivity index (χ0) is 18.3. The van der Waals surface area contributed by atoms with Crippen molar-refractivity contribution < 1.29 is 9.21 Å². The van der Waals surface area contributed by atoms with Gasteiger partial charge in [0.25, 0.3) is 0 Å². The van der Waals surface area contributed by atoms with E-state index in [1.165, 1.54) is 4.90 Å². The van der Waals surface area contributed by atoms with E-state index in [1.807, 2.05) is 0 Å². The van der Waals surface area contributed by atoms with Gasteiger partial charge in [-0.05, 0) is 5.92 Å². The van der Waals surface area contributed by atoms with Crippen molar-refractivity contribution in [1.29, 1.82) is 0 Å². The highest BCUT2D eigenvalue weighted by molar-refractivity contribution is 5.84. The summed E-state index contributed by atoms with van der Waals surface area (Å²) in [5.74, 6) is 2.44. The molecule has 1 heterocycles. The molecule has 0 aliphatic rings. The highest BCUT2D eigenvalue weighted by Gasteiger charge is 2.19. The maximum absolute atomic E-state index is 11.7. The first kappa shape index (κ1) is 20.0. The lowest BCUT2D eigenvalue weighted by Gasteiger charge is -2.15. The van der Waals surface area contributed by atoms with Crippen LogP contribution in [-0.2, 0) is 16.8 Å². The lowest BCUT2D eigenvalue weighted by molar-refractivity contribution is -0.127. The molecule has 0 spiro atoms. The van der Waals surface area contributed by atoms with Gasteiger partial charge in [-0.15, -0.1) is 0 Å². The molecular formula is C17H31N5O2. The number of amides is 1. The quantitative estimate of drug-likeness (QED) is 0.610. The summed E-state index contributed by atoms with van der Waals surface area (Å²) in [7, 11) is 3.43. The van der Waals surface area contributed by atoms with Crippen molar-refractivity contribution in [2.75, 3.05) is 27.2 Å². The first-order valence-corrected chi connectivity index (χ1v) is 8.27. The van der Waals surface area contributed by atoms with Crippen molar-refractivity contribution in [3.8, 4) is 0 Å². The van der Waals surface area contributed by atoms with E-state index in [0.717, 1.165) is 12.3 Å². The number of carbonyl (C=O) groups excluding carboxylic acids is 1. The second-order valence-corrected chi connectivity index (χ2v) is 7.45. The van der Waals surface area contributed by atoms with Gasteiger partial charge in [0.2, 0.25) is 11.8 Å². The van der Waals surface area contributed by atoms with E-state index in [2.05, 4.69) is 55.2 Å². The molecule has 0 saturated carbocycles. The van der Waals surface area contributed by atoms with Crippen LogP contribution in [0.2, 0.25) is 0 Å². The van der Waals surface area contributed by atoms with Crippen LogP contribution >= 0.6 is 0 Å². The number of aromatic nitrogens is 1. The molecule has 0 radical (unpaired) electrons. The molecule has 0 aromatic carbocycles. The molecule has 1 rings (SSSR count). The Hall–Kier alpha value is -2.05. The Morgan fingerprint density at radius 3 is 2.50 bits per heavy atom. The molecule has 0 aliphatic carbocycles. The molecule has 7 nitrogen and oxygen atoms in total. The van der Waals surface area contributed by atoms with Crippen LogP contribution in [-0.4, -0.2) is 48.9 Å². The lowest BCUT2D eigenvalue weighted by atomic mass is 9.94. The van der Waals surface area contributed by atoms with Crippen LogP contribution in [0.5, 0.6) is 0 Å². The molecule has 0 unspecified atom stereocenters. The predicted octanol–water partition coefficient (Wildman–Crippen LogP) is 1.75. The van der Waals surface area contributed by atoms with Gasteiger partial charge in [0.1, 0.15) is 12.3 Å². The smallest absolute Gasteiger partial charge is 0.243 e. The second kappa shape index (κ2) is 8.70. The fraction of sp³-hybridized carbons (Fsp3) is 0.706. The maximum atomic E-state index is 11.7. The number of aliphatic imine (C=N–C) groups is 1. The minimum atomic E-state index is -0.0732. The monoisotopic (exact) mass is 337 g/mol. The summed E-state index contributed by atoms with van der Waals surface area (Å²) in [4.78, 5) is 21.8. The van der Waals surface area contributed by atoms with Crippen LogP contribution in [0, 0.1) is 5.92 Å². The van der Waals surface area contributed by atoms with Gasteiger partial charge in [0.15, 0.2) is 5.96 Å². The number of guanidine groups is 1. The van der Waals surface area contributed by atoms with Gasteiger partial charge in [0, 0.05) is 26.1 Å². The number of nitrogens with one attached hydrogen (secondary N) is 2. The molecule has 0 aliphatic heterocycles. The fourth-order valence-electron chi connectivity index (χ4n) is 1.66. The number of hydrogen-bond donors (Lipinski definition) is 2. The van der Waals surface area contributed by atoms with Crippen LogP contribution in [0.1, 0.15) is 46.3 Å². The van der Waals surface area contributed by atoms with Crippen LogP contribution in [0.25, 0.3) is 0 Å². The molecule has 1 aromatic rings. The Balaban J connectivity index is 2.68. The minimum absolute atomic E-state index is 0.0493. The average molecular weight is 337 g/mol. The van der Waals surface area contributed by atoms with Gasteiger partial charge in [-0.3, -0.25) is 4.79 Å². The minimum Gasteiger partial charge on any atom is -0.443 e. The van der Waals surface area contributed by atoms with Gasteiger partial charge in [-0.2, -0.15) is 0 Å². The zero-order valence-electron chi connectivity index (χ0n) is 15.9. The molecule has 2 N–H and O–H groups in total. The van der Waals surface area contributed by atoms with E-state index in [-0.39, 0.29) is 17.9 Å². The standard InChI is InChI=1S/C17H31N5O2/c1-12(2)8-19-16(21-11-15(23)22(6)7)20-10-14-18-9-13(24-14)17(3,4)5/h9,12H,8,10-11H2,1-7H3,(H2,19,20,21). The number of likely N-dealkylation sites (N-methyl/N-ethyl adjacent to an activating group) is 1. The Bertz CT molecular complexity index is 556. The Morgan fingerprint density at radius 2 is 2.00 bits per heavy atom. The first-order valence-electron chi connectivity index (χ1n) is 8.27. The largest absolute Gasteiger partial charge is 0.443 e. The third-order valence-corrected chi connectivity index (χ3v) is 3.25. The molecule has 24 heavy (non-hydrogen) atoms. The van der Waals surface area contributed by atoms with Crippen molar-refractivity contribution >= 4 is 11.9 Å². The van der Waals surface area contributed by atoms with E-state index in [9.17, 15) is 4.79 Å². The van der Waals surface area contributed by atoms with E-state index in [1.54, 1.807) is 20.3 Å². The molecule has 0 bridgehead atoms. The summed E-state index contributed by atoms with van der Waals surface area (Å²) < 4.78 is 5.76. The summed E-state index contributed by atoms with van der Waals surface area (Å²) in [6, 6.07) is 0. The summed E-state index contributed by atoms with van der Waals surface area (Å²) >= 11 is 0. The van der Waals surface area contributed by atoms with Crippen LogP contribution < -0.4 is 10.6 Å². The number of nitrogens with zero attached hydrogens (tertiary/aromatic N) is 3.